The van der Waals surface area contributed by atoms with Crippen LogP contribution in [-0.2, 0) is 9.59 Å². The minimum Gasteiger partial charge on any atom is -0.326 e. The molecule has 0 saturated heterocycles. The van der Waals surface area contributed by atoms with Crippen molar-refractivity contribution in [3.63, 3.8) is 0 Å². The third-order valence-corrected chi connectivity index (χ3v) is 5.17. The van der Waals surface area contributed by atoms with Crippen molar-refractivity contribution in [1.82, 2.24) is 9.78 Å². The monoisotopic (exact) mass is 374 g/mol. The van der Waals surface area contributed by atoms with E-state index in [-0.39, 0.29) is 18.2 Å². The fourth-order valence-corrected chi connectivity index (χ4v) is 3.36. The summed E-state index contributed by atoms with van der Waals surface area (Å²) in [5.74, 6) is 0.202. The molecule has 1 aromatic heterocycles. The van der Waals surface area contributed by atoms with E-state index in [0.717, 1.165) is 33.5 Å². The number of nitrogens with one attached hydrogen (secondary N) is 2. The Bertz CT molecular complexity index is 1070. The van der Waals surface area contributed by atoms with Gasteiger partial charge in [-0.1, -0.05) is 35.9 Å². The number of carbonyl (C=O) groups is 2. The molecule has 2 heterocycles. The SMILES string of the molecule is Cc1ccc(-c2cnn3c2NC(=O)C3CC(=O)Nc2ccc(C)c(C)c2)cc1. The van der Waals surface area contributed by atoms with Crippen molar-refractivity contribution in [3.8, 4) is 11.1 Å². The molecule has 4 rings (SSSR count). The number of nitrogens with zero attached hydrogens (tertiary/aromatic N) is 2. The Balaban J connectivity index is 1.52. The predicted octanol–water partition coefficient (Wildman–Crippen LogP) is 4.00. The highest BCUT2D eigenvalue weighted by Crippen LogP contribution is 2.35. The molecule has 28 heavy (non-hydrogen) atoms. The van der Waals surface area contributed by atoms with Crippen LogP contribution in [0, 0.1) is 20.8 Å². The molecular formula is C22H22N4O2. The first-order valence-electron chi connectivity index (χ1n) is 9.25. The Morgan fingerprint density at radius 1 is 1.11 bits per heavy atom. The first-order valence-corrected chi connectivity index (χ1v) is 9.25. The number of amides is 2. The van der Waals surface area contributed by atoms with Gasteiger partial charge in [-0.3, -0.25) is 9.59 Å². The summed E-state index contributed by atoms with van der Waals surface area (Å²) in [5.41, 5.74) is 5.99. The summed E-state index contributed by atoms with van der Waals surface area (Å²) in [6.45, 7) is 6.05. The highest BCUT2D eigenvalue weighted by atomic mass is 16.2. The van der Waals surface area contributed by atoms with E-state index in [1.54, 1.807) is 10.9 Å². The summed E-state index contributed by atoms with van der Waals surface area (Å²) < 4.78 is 1.61. The summed E-state index contributed by atoms with van der Waals surface area (Å²) >= 11 is 0. The van der Waals surface area contributed by atoms with Gasteiger partial charge in [0.05, 0.1) is 12.6 Å². The van der Waals surface area contributed by atoms with Crippen LogP contribution in [0.3, 0.4) is 0 Å². The Morgan fingerprint density at radius 2 is 1.86 bits per heavy atom. The second kappa shape index (κ2) is 6.96. The van der Waals surface area contributed by atoms with Gasteiger partial charge in [0.2, 0.25) is 5.91 Å². The van der Waals surface area contributed by atoms with Crippen LogP contribution in [0.15, 0.2) is 48.7 Å². The highest BCUT2D eigenvalue weighted by Gasteiger charge is 2.35. The number of benzene rings is 2. The van der Waals surface area contributed by atoms with E-state index in [1.807, 2.05) is 63.2 Å². The average molecular weight is 374 g/mol. The van der Waals surface area contributed by atoms with Gasteiger partial charge in [0.25, 0.3) is 5.91 Å². The molecule has 0 spiro atoms. The quantitative estimate of drug-likeness (QED) is 0.725. The maximum atomic E-state index is 12.5. The van der Waals surface area contributed by atoms with Crippen LogP contribution in [0.5, 0.6) is 0 Å². The molecule has 2 N–H and O–H groups in total. The maximum Gasteiger partial charge on any atom is 0.251 e. The van der Waals surface area contributed by atoms with E-state index in [0.29, 0.717) is 5.82 Å². The molecule has 0 aliphatic carbocycles. The van der Waals surface area contributed by atoms with Gasteiger partial charge in [-0.15, -0.1) is 0 Å². The lowest BCUT2D eigenvalue weighted by Crippen LogP contribution is -2.23. The van der Waals surface area contributed by atoms with Gasteiger partial charge in [0, 0.05) is 11.3 Å². The molecule has 0 saturated carbocycles. The Labute approximate surface area is 163 Å². The van der Waals surface area contributed by atoms with E-state index >= 15 is 0 Å². The van der Waals surface area contributed by atoms with Crippen molar-refractivity contribution in [2.45, 2.75) is 33.2 Å². The molecule has 3 aromatic rings. The molecule has 0 bridgehead atoms. The van der Waals surface area contributed by atoms with Crippen molar-refractivity contribution in [1.29, 1.82) is 0 Å². The number of rotatable bonds is 4. The van der Waals surface area contributed by atoms with Gasteiger partial charge in [0.15, 0.2) is 0 Å². The molecule has 1 atom stereocenters. The summed E-state index contributed by atoms with van der Waals surface area (Å²) in [6, 6.07) is 13.1. The van der Waals surface area contributed by atoms with Crippen molar-refractivity contribution in [3.05, 3.63) is 65.4 Å². The lowest BCUT2D eigenvalue weighted by molar-refractivity contribution is -0.123. The fraction of sp³-hybridized carbons (Fsp3) is 0.227. The minimum atomic E-state index is -0.652. The van der Waals surface area contributed by atoms with Crippen LogP contribution < -0.4 is 10.6 Å². The number of hydrogen-bond acceptors (Lipinski definition) is 3. The van der Waals surface area contributed by atoms with Gasteiger partial charge in [-0.05, 0) is 49.6 Å². The molecule has 1 aliphatic rings. The van der Waals surface area contributed by atoms with Gasteiger partial charge in [-0.25, -0.2) is 4.68 Å². The van der Waals surface area contributed by atoms with E-state index in [4.69, 9.17) is 0 Å². The van der Waals surface area contributed by atoms with E-state index in [9.17, 15) is 9.59 Å². The van der Waals surface area contributed by atoms with Crippen molar-refractivity contribution >= 4 is 23.3 Å². The third-order valence-electron chi connectivity index (χ3n) is 5.17. The Hall–Kier alpha value is -3.41. The van der Waals surface area contributed by atoms with E-state index in [1.165, 1.54) is 0 Å². The van der Waals surface area contributed by atoms with Gasteiger partial charge >= 0.3 is 0 Å². The maximum absolute atomic E-state index is 12.5. The minimum absolute atomic E-state index is 0.0285. The number of aromatic nitrogens is 2. The highest BCUT2D eigenvalue weighted by molar-refractivity contribution is 6.04. The van der Waals surface area contributed by atoms with Gasteiger partial charge < -0.3 is 10.6 Å². The molecule has 6 nitrogen and oxygen atoms in total. The van der Waals surface area contributed by atoms with Crippen LogP contribution >= 0.6 is 0 Å². The summed E-state index contributed by atoms with van der Waals surface area (Å²) in [7, 11) is 0. The Morgan fingerprint density at radius 3 is 2.57 bits per heavy atom. The lowest BCUT2D eigenvalue weighted by atomic mass is 10.1. The van der Waals surface area contributed by atoms with E-state index in [2.05, 4.69) is 15.7 Å². The first kappa shape index (κ1) is 18.0. The molecule has 1 aliphatic heterocycles. The number of anilines is 2. The number of fused-ring (bicyclic) bond motifs is 1. The zero-order chi connectivity index (χ0) is 19.8. The first-order chi connectivity index (χ1) is 13.4. The fourth-order valence-electron chi connectivity index (χ4n) is 3.36. The van der Waals surface area contributed by atoms with Gasteiger partial charge in [0.1, 0.15) is 11.9 Å². The number of carbonyl (C=O) groups excluding carboxylic acids is 2. The molecule has 142 valence electrons. The molecule has 0 fully saturated rings. The molecular weight excluding hydrogens is 352 g/mol. The van der Waals surface area contributed by atoms with Crippen LogP contribution in [0.4, 0.5) is 11.5 Å². The largest absolute Gasteiger partial charge is 0.326 e. The zero-order valence-corrected chi connectivity index (χ0v) is 16.1. The molecule has 6 heteroatoms. The molecule has 0 radical (unpaired) electrons. The standard InChI is InChI=1S/C22H22N4O2/c1-13-4-7-16(8-5-13)18-12-23-26-19(22(28)25-21(18)26)11-20(27)24-17-9-6-14(2)15(3)10-17/h4-10,12,19H,11H2,1-3H3,(H,24,27)(H,25,28). The molecule has 1 unspecified atom stereocenters. The normalized spacial score (nSPS) is 15.2. The number of hydrogen-bond donors (Lipinski definition) is 2. The predicted molar refractivity (Wildman–Crippen MR) is 109 cm³/mol. The lowest BCUT2D eigenvalue weighted by Gasteiger charge is -2.11. The Kier molecular flexibility index (Phi) is 4.47. The zero-order valence-electron chi connectivity index (χ0n) is 16.1. The second-order valence-electron chi connectivity index (χ2n) is 7.27. The topological polar surface area (TPSA) is 76.0 Å². The average Bonchev–Trinajstić information content (AvgIpc) is 3.19. The number of aryl methyl sites for hydroxylation is 3. The van der Waals surface area contributed by atoms with Crippen LogP contribution in [0.25, 0.3) is 11.1 Å². The van der Waals surface area contributed by atoms with Crippen molar-refractivity contribution in [2.24, 2.45) is 0 Å². The molecule has 2 aromatic carbocycles. The van der Waals surface area contributed by atoms with Crippen molar-refractivity contribution in [2.75, 3.05) is 10.6 Å². The van der Waals surface area contributed by atoms with Crippen LogP contribution in [-0.4, -0.2) is 21.6 Å². The van der Waals surface area contributed by atoms with Crippen molar-refractivity contribution < 1.29 is 9.59 Å². The summed E-state index contributed by atoms with van der Waals surface area (Å²) in [5, 5.41) is 10.1. The third kappa shape index (κ3) is 3.29. The smallest absolute Gasteiger partial charge is 0.251 e. The van der Waals surface area contributed by atoms with Gasteiger partial charge in [-0.2, -0.15) is 5.10 Å². The van der Waals surface area contributed by atoms with Crippen LogP contribution in [0.2, 0.25) is 0 Å². The van der Waals surface area contributed by atoms with E-state index < -0.39 is 6.04 Å². The summed E-state index contributed by atoms with van der Waals surface area (Å²) in [6.07, 6.45) is 1.76. The van der Waals surface area contributed by atoms with Crippen LogP contribution in [0.1, 0.15) is 29.2 Å². The second-order valence-corrected chi connectivity index (χ2v) is 7.27. The molecule has 2 amide bonds. The summed E-state index contributed by atoms with van der Waals surface area (Å²) in [4.78, 5) is 25.0.